The Morgan fingerprint density at radius 3 is 2.47 bits per heavy atom. The van der Waals surface area contributed by atoms with Crippen molar-refractivity contribution in [3.8, 4) is 17.1 Å². The predicted molar refractivity (Wildman–Crippen MR) is 120 cm³/mol. The predicted octanol–water partition coefficient (Wildman–Crippen LogP) is 4.84. The quantitative estimate of drug-likeness (QED) is 0.487. The molecule has 0 aliphatic rings. The average molecular weight is 400 g/mol. The van der Waals surface area contributed by atoms with Crippen LogP contribution < -0.4 is 15.4 Å². The average Bonchev–Trinajstić information content (AvgIpc) is 3.13. The minimum atomic E-state index is -0.249. The number of nitrogens with one attached hydrogen (secondary N) is 2. The fourth-order valence-corrected chi connectivity index (χ4v) is 3.36. The summed E-state index contributed by atoms with van der Waals surface area (Å²) in [5.74, 6) is 1.64. The van der Waals surface area contributed by atoms with Crippen LogP contribution in [0.5, 0.6) is 5.75 Å². The topological polar surface area (TPSA) is 68.2 Å². The van der Waals surface area contributed by atoms with Gasteiger partial charge in [0.15, 0.2) is 0 Å². The highest BCUT2D eigenvalue weighted by molar-refractivity contribution is 5.89. The van der Waals surface area contributed by atoms with Gasteiger partial charge in [-0.25, -0.2) is 9.78 Å². The van der Waals surface area contributed by atoms with E-state index in [-0.39, 0.29) is 6.03 Å². The van der Waals surface area contributed by atoms with E-state index in [2.05, 4.69) is 52.5 Å². The second-order valence-corrected chi connectivity index (χ2v) is 7.05. The molecule has 0 aliphatic carbocycles. The van der Waals surface area contributed by atoms with Gasteiger partial charge in [-0.05, 0) is 43.3 Å². The summed E-state index contributed by atoms with van der Waals surface area (Å²) in [6, 6.07) is 23.3. The van der Waals surface area contributed by atoms with Gasteiger partial charge < -0.3 is 19.9 Å². The number of carbonyl (C=O) groups excluding carboxylic acids is 1. The van der Waals surface area contributed by atoms with Crippen molar-refractivity contribution in [1.29, 1.82) is 0 Å². The minimum absolute atomic E-state index is 0.249. The summed E-state index contributed by atoms with van der Waals surface area (Å²) in [6.07, 6.45) is 0. The first-order valence-electron chi connectivity index (χ1n) is 9.85. The van der Waals surface area contributed by atoms with Crippen molar-refractivity contribution in [1.82, 2.24) is 14.9 Å². The Kier molecular flexibility index (Phi) is 5.66. The molecule has 152 valence electrons. The highest BCUT2D eigenvalue weighted by Gasteiger charge is 2.12. The molecular formula is C24H24N4O2. The summed E-state index contributed by atoms with van der Waals surface area (Å²) in [5.41, 5.74) is 4.96. The maximum absolute atomic E-state index is 12.3. The highest BCUT2D eigenvalue weighted by Crippen LogP contribution is 2.25. The van der Waals surface area contributed by atoms with Crippen LogP contribution in [0.4, 0.5) is 10.5 Å². The number of aromatic nitrogens is 2. The molecule has 4 aromatic rings. The number of nitrogens with zero attached hydrogens (tertiary/aromatic N) is 2. The molecule has 4 rings (SSSR count). The Morgan fingerprint density at radius 2 is 1.73 bits per heavy atom. The Bertz CT molecular complexity index is 1150. The minimum Gasteiger partial charge on any atom is -0.497 e. The van der Waals surface area contributed by atoms with Gasteiger partial charge >= 0.3 is 6.03 Å². The fourth-order valence-electron chi connectivity index (χ4n) is 3.36. The third kappa shape index (κ3) is 4.27. The number of urea groups is 1. The van der Waals surface area contributed by atoms with E-state index in [0.29, 0.717) is 18.8 Å². The van der Waals surface area contributed by atoms with Gasteiger partial charge in [-0.15, -0.1) is 0 Å². The summed E-state index contributed by atoms with van der Waals surface area (Å²) in [6.45, 7) is 3.15. The zero-order chi connectivity index (χ0) is 20.9. The zero-order valence-electron chi connectivity index (χ0n) is 17.1. The van der Waals surface area contributed by atoms with Gasteiger partial charge in [0.25, 0.3) is 0 Å². The molecule has 2 N–H and O–H groups in total. The summed E-state index contributed by atoms with van der Waals surface area (Å²) >= 11 is 0. The van der Waals surface area contributed by atoms with Crippen LogP contribution in [0.25, 0.3) is 22.4 Å². The second-order valence-electron chi connectivity index (χ2n) is 7.05. The largest absolute Gasteiger partial charge is 0.497 e. The van der Waals surface area contributed by atoms with E-state index in [1.54, 1.807) is 31.4 Å². The SMILES string of the molecule is COc1ccc(NC(=O)NCCn2c(-c3ccc(C)cc3)nc3ccccc32)cc1. The van der Waals surface area contributed by atoms with Crippen molar-refractivity contribution in [3.05, 3.63) is 78.4 Å². The number of anilines is 1. The van der Waals surface area contributed by atoms with E-state index in [1.165, 1.54) is 5.56 Å². The van der Waals surface area contributed by atoms with E-state index in [4.69, 9.17) is 9.72 Å². The molecule has 0 saturated heterocycles. The number of para-hydroxylation sites is 2. The van der Waals surface area contributed by atoms with Gasteiger partial charge in [0.1, 0.15) is 11.6 Å². The Morgan fingerprint density at radius 1 is 1.00 bits per heavy atom. The summed E-state index contributed by atoms with van der Waals surface area (Å²) in [7, 11) is 1.61. The molecule has 6 heteroatoms. The van der Waals surface area contributed by atoms with Gasteiger partial charge in [-0.1, -0.05) is 42.0 Å². The second kappa shape index (κ2) is 8.69. The maximum atomic E-state index is 12.3. The molecule has 0 radical (unpaired) electrons. The molecule has 6 nitrogen and oxygen atoms in total. The van der Waals surface area contributed by atoms with Crippen molar-refractivity contribution in [2.75, 3.05) is 19.0 Å². The molecule has 30 heavy (non-hydrogen) atoms. The standard InChI is InChI=1S/C24H24N4O2/c1-17-7-9-18(10-8-17)23-27-21-5-3-4-6-22(21)28(23)16-15-25-24(29)26-19-11-13-20(30-2)14-12-19/h3-14H,15-16H2,1-2H3,(H2,25,26,29). The van der Waals surface area contributed by atoms with Crippen LogP contribution in [0.2, 0.25) is 0 Å². The number of rotatable bonds is 6. The van der Waals surface area contributed by atoms with Gasteiger partial charge in [-0.3, -0.25) is 0 Å². The van der Waals surface area contributed by atoms with Crippen molar-refractivity contribution in [2.45, 2.75) is 13.5 Å². The van der Waals surface area contributed by atoms with Crippen molar-refractivity contribution < 1.29 is 9.53 Å². The van der Waals surface area contributed by atoms with Crippen molar-refractivity contribution >= 4 is 22.8 Å². The van der Waals surface area contributed by atoms with Gasteiger partial charge in [0.05, 0.1) is 18.1 Å². The van der Waals surface area contributed by atoms with Crippen LogP contribution in [0.1, 0.15) is 5.56 Å². The number of aryl methyl sites for hydroxylation is 1. The van der Waals surface area contributed by atoms with E-state index < -0.39 is 0 Å². The Balaban J connectivity index is 1.47. The molecule has 0 atom stereocenters. The number of benzene rings is 3. The number of imidazole rings is 1. The molecule has 2 amide bonds. The van der Waals surface area contributed by atoms with Crippen LogP contribution in [-0.2, 0) is 6.54 Å². The van der Waals surface area contributed by atoms with Crippen molar-refractivity contribution in [2.24, 2.45) is 0 Å². The normalized spacial score (nSPS) is 10.7. The van der Waals surface area contributed by atoms with Crippen LogP contribution in [-0.4, -0.2) is 29.2 Å². The number of hydrogen-bond acceptors (Lipinski definition) is 3. The number of ether oxygens (including phenoxy) is 1. The smallest absolute Gasteiger partial charge is 0.319 e. The van der Waals surface area contributed by atoms with E-state index in [9.17, 15) is 4.79 Å². The lowest BCUT2D eigenvalue weighted by Crippen LogP contribution is -2.31. The maximum Gasteiger partial charge on any atom is 0.319 e. The summed E-state index contributed by atoms with van der Waals surface area (Å²) in [5, 5.41) is 5.75. The van der Waals surface area contributed by atoms with Gasteiger partial charge in [0.2, 0.25) is 0 Å². The van der Waals surface area contributed by atoms with Crippen molar-refractivity contribution in [3.63, 3.8) is 0 Å². The van der Waals surface area contributed by atoms with E-state index in [0.717, 1.165) is 28.2 Å². The third-order valence-corrected chi connectivity index (χ3v) is 4.93. The molecule has 3 aromatic carbocycles. The molecular weight excluding hydrogens is 376 g/mol. The number of hydrogen-bond donors (Lipinski definition) is 2. The van der Waals surface area contributed by atoms with E-state index >= 15 is 0 Å². The lowest BCUT2D eigenvalue weighted by molar-refractivity contribution is 0.251. The molecule has 0 fully saturated rings. The van der Waals surface area contributed by atoms with E-state index in [1.807, 2.05) is 18.2 Å². The molecule has 1 heterocycles. The third-order valence-electron chi connectivity index (χ3n) is 4.93. The monoisotopic (exact) mass is 400 g/mol. The summed E-state index contributed by atoms with van der Waals surface area (Å²) < 4.78 is 7.28. The lowest BCUT2D eigenvalue weighted by Gasteiger charge is -2.12. The first-order chi connectivity index (χ1) is 14.6. The number of carbonyl (C=O) groups is 1. The Labute approximate surface area is 175 Å². The molecule has 0 spiro atoms. The molecule has 0 saturated carbocycles. The van der Waals surface area contributed by atoms with Gasteiger partial charge in [0, 0.05) is 24.3 Å². The lowest BCUT2D eigenvalue weighted by atomic mass is 10.1. The highest BCUT2D eigenvalue weighted by atomic mass is 16.5. The first kappa shape index (κ1) is 19.5. The van der Waals surface area contributed by atoms with Crippen LogP contribution >= 0.6 is 0 Å². The number of methoxy groups -OCH3 is 1. The Hall–Kier alpha value is -3.80. The fraction of sp³-hybridized carbons (Fsp3) is 0.167. The molecule has 0 bridgehead atoms. The molecule has 0 unspecified atom stereocenters. The zero-order valence-corrected chi connectivity index (χ0v) is 17.1. The van der Waals surface area contributed by atoms with Crippen LogP contribution in [0.3, 0.4) is 0 Å². The number of amides is 2. The van der Waals surface area contributed by atoms with Gasteiger partial charge in [-0.2, -0.15) is 0 Å². The van der Waals surface area contributed by atoms with Crippen LogP contribution in [0.15, 0.2) is 72.8 Å². The number of fused-ring (bicyclic) bond motifs is 1. The molecule has 0 aliphatic heterocycles. The molecule has 1 aromatic heterocycles. The first-order valence-corrected chi connectivity index (χ1v) is 9.85. The summed E-state index contributed by atoms with van der Waals surface area (Å²) in [4.78, 5) is 17.1. The van der Waals surface area contributed by atoms with Crippen LogP contribution in [0, 0.1) is 6.92 Å².